The SMILES string of the molecule is NC(=S)c1ccc(NC(=O)c2ccc(Br)cn2)cc1. The smallest absolute Gasteiger partial charge is 0.274 e. The van der Waals surface area contributed by atoms with Gasteiger partial charge in [0.05, 0.1) is 0 Å². The molecule has 96 valence electrons. The second-order valence-corrected chi connectivity index (χ2v) is 5.11. The van der Waals surface area contributed by atoms with Crippen molar-refractivity contribution in [2.24, 2.45) is 5.73 Å². The third-order valence-corrected chi connectivity index (χ3v) is 3.09. The zero-order valence-corrected chi connectivity index (χ0v) is 12.2. The largest absolute Gasteiger partial charge is 0.389 e. The number of aromatic nitrogens is 1. The molecule has 6 heteroatoms. The van der Waals surface area contributed by atoms with Crippen LogP contribution in [0.15, 0.2) is 47.1 Å². The zero-order chi connectivity index (χ0) is 13.8. The maximum Gasteiger partial charge on any atom is 0.274 e. The number of rotatable bonds is 3. The van der Waals surface area contributed by atoms with Crippen molar-refractivity contribution in [3.05, 3.63) is 58.3 Å². The van der Waals surface area contributed by atoms with E-state index >= 15 is 0 Å². The number of carbonyl (C=O) groups is 1. The van der Waals surface area contributed by atoms with E-state index in [2.05, 4.69) is 26.2 Å². The quantitative estimate of drug-likeness (QED) is 0.846. The van der Waals surface area contributed by atoms with Crippen molar-refractivity contribution in [3.8, 4) is 0 Å². The molecule has 0 atom stereocenters. The first-order valence-corrected chi connectivity index (χ1v) is 6.59. The number of nitrogens with zero attached hydrogens (tertiary/aromatic N) is 1. The van der Waals surface area contributed by atoms with Crippen molar-refractivity contribution in [2.45, 2.75) is 0 Å². The predicted molar refractivity (Wildman–Crippen MR) is 82.2 cm³/mol. The predicted octanol–water partition coefficient (Wildman–Crippen LogP) is 2.73. The molecule has 3 N–H and O–H groups in total. The summed E-state index contributed by atoms with van der Waals surface area (Å²) in [6.45, 7) is 0. The summed E-state index contributed by atoms with van der Waals surface area (Å²) in [6, 6.07) is 10.4. The first kappa shape index (κ1) is 13.6. The van der Waals surface area contributed by atoms with Gasteiger partial charge in [0.15, 0.2) is 0 Å². The van der Waals surface area contributed by atoms with Gasteiger partial charge in [0.2, 0.25) is 0 Å². The molecule has 0 bridgehead atoms. The van der Waals surface area contributed by atoms with Gasteiger partial charge in [0.25, 0.3) is 5.91 Å². The fourth-order valence-corrected chi connectivity index (χ4v) is 1.79. The molecule has 1 amide bonds. The van der Waals surface area contributed by atoms with Crippen LogP contribution in [-0.2, 0) is 0 Å². The van der Waals surface area contributed by atoms with Gasteiger partial charge in [-0.3, -0.25) is 4.79 Å². The Morgan fingerprint density at radius 2 is 1.89 bits per heavy atom. The van der Waals surface area contributed by atoms with Gasteiger partial charge in [0, 0.05) is 21.9 Å². The number of amides is 1. The molecular weight excluding hydrogens is 326 g/mol. The summed E-state index contributed by atoms with van der Waals surface area (Å²) >= 11 is 8.12. The van der Waals surface area contributed by atoms with Crippen molar-refractivity contribution in [1.29, 1.82) is 0 Å². The lowest BCUT2D eigenvalue weighted by atomic mass is 10.2. The number of anilines is 1. The van der Waals surface area contributed by atoms with Crippen LogP contribution in [0.1, 0.15) is 16.1 Å². The minimum Gasteiger partial charge on any atom is -0.389 e. The van der Waals surface area contributed by atoms with Gasteiger partial charge in [-0.2, -0.15) is 0 Å². The minimum atomic E-state index is -0.268. The van der Waals surface area contributed by atoms with E-state index in [1.165, 1.54) is 0 Å². The lowest BCUT2D eigenvalue weighted by Crippen LogP contribution is -2.14. The minimum absolute atomic E-state index is 0.268. The third kappa shape index (κ3) is 3.59. The Morgan fingerprint density at radius 1 is 1.21 bits per heavy atom. The van der Waals surface area contributed by atoms with E-state index in [1.807, 2.05) is 0 Å². The van der Waals surface area contributed by atoms with Gasteiger partial charge in [-0.1, -0.05) is 12.2 Å². The van der Waals surface area contributed by atoms with Crippen LogP contribution in [0.25, 0.3) is 0 Å². The Bertz CT molecular complexity index is 611. The average molecular weight is 336 g/mol. The topological polar surface area (TPSA) is 68.0 Å². The van der Waals surface area contributed by atoms with Crippen LogP contribution < -0.4 is 11.1 Å². The standard InChI is InChI=1S/C13H10BrN3OS/c14-9-3-6-11(16-7-9)13(18)17-10-4-1-8(2-5-10)12(15)19/h1-7H,(H2,15,19)(H,17,18). The number of halogens is 1. The summed E-state index contributed by atoms with van der Waals surface area (Å²) in [7, 11) is 0. The Labute approximate surface area is 124 Å². The summed E-state index contributed by atoms with van der Waals surface area (Å²) in [4.78, 5) is 16.3. The summed E-state index contributed by atoms with van der Waals surface area (Å²) in [5.74, 6) is -0.268. The monoisotopic (exact) mass is 335 g/mol. The molecule has 0 radical (unpaired) electrons. The number of benzene rings is 1. The molecular formula is C13H10BrN3OS. The summed E-state index contributed by atoms with van der Waals surface area (Å²) in [5, 5.41) is 2.74. The number of thiocarbonyl (C=S) groups is 1. The van der Waals surface area contributed by atoms with Crippen molar-refractivity contribution >= 4 is 44.7 Å². The molecule has 1 aromatic heterocycles. The number of pyridine rings is 1. The summed E-state index contributed by atoms with van der Waals surface area (Å²) in [5.41, 5.74) is 7.27. The van der Waals surface area contributed by atoms with Gasteiger partial charge < -0.3 is 11.1 Å². The van der Waals surface area contributed by atoms with Crippen LogP contribution in [0.3, 0.4) is 0 Å². The molecule has 1 heterocycles. The maximum absolute atomic E-state index is 11.9. The number of nitrogens with two attached hydrogens (primary N) is 1. The zero-order valence-electron chi connectivity index (χ0n) is 9.76. The molecule has 4 nitrogen and oxygen atoms in total. The molecule has 0 saturated carbocycles. The van der Waals surface area contributed by atoms with Crippen LogP contribution in [0.5, 0.6) is 0 Å². The Hall–Kier alpha value is -1.79. The second kappa shape index (κ2) is 5.90. The highest BCUT2D eigenvalue weighted by Gasteiger charge is 2.07. The van der Waals surface area contributed by atoms with E-state index in [9.17, 15) is 4.79 Å². The molecule has 0 saturated heterocycles. The summed E-state index contributed by atoms with van der Waals surface area (Å²) < 4.78 is 0.824. The van der Waals surface area contributed by atoms with Gasteiger partial charge in [-0.05, 0) is 52.3 Å². The molecule has 0 fully saturated rings. The van der Waals surface area contributed by atoms with Crippen LogP contribution in [0.4, 0.5) is 5.69 Å². The molecule has 0 aliphatic carbocycles. The van der Waals surface area contributed by atoms with Crippen molar-refractivity contribution < 1.29 is 4.79 Å². The van der Waals surface area contributed by atoms with E-state index in [0.717, 1.165) is 10.0 Å². The van der Waals surface area contributed by atoms with Crippen molar-refractivity contribution in [1.82, 2.24) is 4.98 Å². The highest BCUT2D eigenvalue weighted by molar-refractivity contribution is 9.10. The van der Waals surface area contributed by atoms with E-state index < -0.39 is 0 Å². The summed E-state index contributed by atoms with van der Waals surface area (Å²) in [6.07, 6.45) is 1.57. The average Bonchev–Trinajstić information content (AvgIpc) is 2.40. The van der Waals surface area contributed by atoms with Crippen molar-refractivity contribution in [2.75, 3.05) is 5.32 Å². The lowest BCUT2D eigenvalue weighted by Gasteiger charge is -2.05. The normalized spacial score (nSPS) is 9.95. The van der Waals surface area contributed by atoms with E-state index in [0.29, 0.717) is 16.4 Å². The van der Waals surface area contributed by atoms with Gasteiger partial charge >= 0.3 is 0 Å². The molecule has 0 aliphatic rings. The maximum atomic E-state index is 11.9. The fraction of sp³-hybridized carbons (Fsp3) is 0. The van der Waals surface area contributed by atoms with Crippen LogP contribution >= 0.6 is 28.1 Å². The fourth-order valence-electron chi connectivity index (χ4n) is 1.42. The van der Waals surface area contributed by atoms with Crippen LogP contribution in [0.2, 0.25) is 0 Å². The van der Waals surface area contributed by atoms with E-state index in [4.69, 9.17) is 18.0 Å². The first-order valence-electron chi connectivity index (χ1n) is 5.39. The number of carbonyl (C=O) groups excluding carboxylic acids is 1. The van der Waals surface area contributed by atoms with Crippen molar-refractivity contribution in [3.63, 3.8) is 0 Å². The molecule has 0 unspecified atom stereocenters. The molecule has 2 aromatic rings. The van der Waals surface area contributed by atoms with Gasteiger partial charge in [0.1, 0.15) is 10.7 Å². The van der Waals surface area contributed by atoms with Crippen LogP contribution in [-0.4, -0.2) is 15.9 Å². The first-order chi connectivity index (χ1) is 9.06. The molecule has 2 rings (SSSR count). The van der Waals surface area contributed by atoms with E-state index in [1.54, 1.807) is 42.6 Å². The molecule has 19 heavy (non-hydrogen) atoms. The highest BCUT2D eigenvalue weighted by atomic mass is 79.9. The number of hydrogen-bond donors (Lipinski definition) is 2. The van der Waals surface area contributed by atoms with Gasteiger partial charge in [-0.25, -0.2) is 4.98 Å². The number of hydrogen-bond acceptors (Lipinski definition) is 3. The Kier molecular flexibility index (Phi) is 4.24. The van der Waals surface area contributed by atoms with Gasteiger partial charge in [-0.15, -0.1) is 0 Å². The molecule has 1 aromatic carbocycles. The molecule has 0 spiro atoms. The molecule has 0 aliphatic heterocycles. The lowest BCUT2D eigenvalue weighted by molar-refractivity contribution is 0.102. The number of nitrogens with one attached hydrogen (secondary N) is 1. The Morgan fingerprint density at radius 3 is 2.42 bits per heavy atom. The second-order valence-electron chi connectivity index (χ2n) is 3.76. The van der Waals surface area contributed by atoms with Crippen LogP contribution in [0, 0.1) is 0 Å². The van der Waals surface area contributed by atoms with E-state index in [-0.39, 0.29) is 5.91 Å². The third-order valence-electron chi connectivity index (χ3n) is 2.39. The highest BCUT2D eigenvalue weighted by Crippen LogP contribution is 2.12. The Balaban J connectivity index is 2.10.